The average Bonchev–Trinajstić information content (AvgIpc) is 3.70. The Morgan fingerprint density at radius 1 is 1.18 bits per heavy atom. The van der Waals surface area contributed by atoms with E-state index in [1.165, 1.54) is 5.56 Å². The van der Waals surface area contributed by atoms with E-state index in [1.54, 1.807) is 0 Å². The number of ether oxygens (including phenoxy) is 2. The maximum Gasteiger partial charge on any atom is 0.183 e. The molecule has 0 bridgehead atoms. The van der Waals surface area contributed by atoms with Crippen LogP contribution in [0.5, 0.6) is 0 Å². The lowest BCUT2D eigenvalue weighted by molar-refractivity contribution is 0.0974. The molecule has 3 atom stereocenters. The van der Waals surface area contributed by atoms with Gasteiger partial charge in [-0.3, -0.25) is 5.10 Å². The molecule has 10 heteroatoms. The number of H-pyrrole nitrogens is 1. The van der Waals surface area contributed by atoms with Crippen molar-refractivity contribution in [2.45, 2.75) is 63.7 Å². The largest absolute Gasteiger partial charge is 0.376 e. The summed E-state index contributed by atoms with van der Waals surface area (Å²) in [6.07, 6.45) is 7.87. The zero-order valence-electron chi connectivity index (χ0n) is 21.8. The van der Waals surface area contributed by atoms with Gasteiger partial charge in [0.25, 0.3) is 0 Å². The molecule has 198 valence electrons. The molecule has 3 saturated heterocycles. The molecular formula is C28H34N8O2. The van der Waals surface area contributed by atoms with Crippen LogP contribution in [0.15, 0.2) is 18.3 Å². The SMILES string of the molecule is C[C@@H]1OCC2(CCN(c3cnc4c(N5CCCc6c5ccc(C#N)c6[C@@H]5CCCO5)n[nH]c4n3)CC2)[C@@H]1N. The summed E-state index contributed by atoms with van der Waals surface area (Å²) in [5.74, 6) is 1.64. The molecule has 6 heterocycles. The molecule has 1 aromatic carbocycles. The number of aromatic nitrogens is 4. The third kappa shape index (κ3) is 3.67. The Bertz CT molecular complexity index is 1400. The highest BCUT2D eigenvalue weighted by Gasteiger charge is 2.47. The smallest absolute Gasteiger partial charge is 0.183 e. The average molecular weight is 515 g/mol. The Kier molecular flexibility index (Phi) is 5.76. The van der Waals surface area contributed by atoms with Crippen LogP contribution in [-0.4, -0.2) is 65.2 Å². The molecule has 3 fully saturated rings. The standard InChI is InChI=1S/C28H34N8O2/c1-17-25(30)28(16-38-17)8-11-35(12-9-28)22-15-31-24-26(32-22)33-34-27(24)36-10-2-4-19-20(36)7-6-18(14-29)23(19)21-5-3-13-37-21/h6-7,15,17,21,25H,2-5,8-13,16,30H2,1H3,(H,32,33,34)/t17-,21-,25+/m0/s1. The number of hydrogen-bond donors (Lipinski definition) is 2. The number of benzene rings is 1. The maximum absolute atomic E-state index is 9.82. The van der Waals surface area contributed by atoms with Crippen molar-refractivity contribution in [3.05, 3.63) is 35.0 Å². The number of nitriles is 1. The van der Waals surface area contributed by atoms with Crippen LogP contribution in [0.4, 0.5) is 17.3 Å². The number of anilines is 3. The molecule has 0 radical (unpaired) electrons. The zero-order valence-corrected chi connectivity index (χ0v) is 21.8. The van der Waals surface area contributed by atoms with Crippen LogP contribution in [0.3, 0.4) is 0 Å². The minimum atomic E-state index is -0.00457. The molecule has 2 aromatic heterocycles. The van der Waals surface area contributed by atoms with Gasteiger partial charge in [-0.15, -0.1) is 0 Å². The quantitative estimate of drug-likeness (QED) is 0.539. The molecule has 4 aliphatic heterocycles. The highest BCUT2D eigenvalue weighted by molar-refractivity contribution is 5.88. The summed E-state index contributed by atoms with van der Waals surface area (Å²) in [4.78, 5) is 14.3. The number of fused-ring (bicyclic) bond motifs is 2. The molecule has 1 spiro atoms. The lowest BCUT2D eigenvalue weighted by Gasteiger charge is -2.41. The summed E-state index contributed by atoms with van der Waals surface area (Å²) in [5.41, 5.74) is 12.1. The van der Waals surface area contributed by atoms with Crippen molar-refractivity contribution < 1.29 is 9.47 Å². The minimum absolute atomic E-state index is 0.00457. The van der Waals surface area contributed by atoms with E-state index in [0.717, 1.165) is 105 Å². The second kappa shape index (κ2) is 9.19. The number of hydrogen-bond acceptors (Lipinski definition) is 9. The molecular weight excluding hydrogens is 480 g/mol. The lowest BCUT2D eigenvalue weighted by Crippen LogP contribution is -2.50. The highest BCUT2D eigenvalue weighted by Crippen LogP contribution is 2.44. The molecule has 0 unspecified atom stereocenters. The molecule has 7 rings (SSSR count). The normalized spacial score (nSPS) is 26.7. The summed E-state index contributed by atoms with van der Waals surface area (Å²) < 4.78 is 11.9. The maximum atomic E-state index is 9.82. The fourth-order valence-corrected chi connectivity index (χ4v) is 6.97. The van der Waals surface area contributed by atoms with Crippen LogP contribution >= 0.6 is 0 Å². The van der Waals surface area contributed by atoms with Crippen molar-refractivity contribution in [2.75, 3.05) is 42.6 Å². The Morgan fingerprint density at radius 2 is 2.05 bits per heavy atom. The van der Waals surface area contributed by atoms with Crippen LogP contribution in [0.25, 0.3) is 11.2 Å². The molecule has 3 N–H and O–H groups in total. The zero-order chi connectivity index (χ0) is 25.9. The van der Waals surface area contributed by atoms with E-state index in [4.69, 9.17) is 25.2 Å². The number of aromatic amines is 1. The third-order valence-electron chi connectivity index (χ3n) is 9.23. The van der Waals surface area contributed by atoms with Gasteiger partial charge in [-0.1, -0.05) is 0 Å². The predicted molar refractivity (Wildman–Crippen MR) is 143 cm³/mol. The van der Waals surface area contributed by atoms with Gasteiger partial charge < -0.3 is 25.0 Å². The number of piperidine rings is 1. The fourth-order valence-electron chi connectivity index (χ4n) is 6.97. The van der Waals surface area contributed by atoms with Gasteiger partial charge in [0.15, 0.2) is 17.0 Å². The van der Waals surface area contributed by atoms with Crippen LogP contribution in [0.2, 0.25) is 0 Å². The van der Waals surface area contributed by atoms with Crippen molar-refractivity contribution in [3.8, 4) is 6.07 Å². The minimum Gasteiger partial charge on any atom is -0.376 e. The number of nitrogens with one attached hydrogen (secondary N) is 1. The Balaban J connectivity index is 1.17. The second-order valence-electron chi connectivity index (χ2n) is 11.3. The van der Waals surface area contributed by atoms with Crippen LogP contribution in [0.1, 0.15) is 61.8 Å². The van der Waals surface area contributed by atoms with Gasteiger partial charge in [-0.05, 0) is 63.1 Å². The van der Waals surface area contributed by atoms with Crippen LogP contribution < -0.4 is 15.5 Å². The second-order valence-corrected chi connectivity index (χ2v) is 11.3. The monoisotopic (exact) mass is 514 g/mol. The topological polar surface area (TPSA) is 129 Å². The first-order chi connectivity index (χ1) is 18.6. The van der Waals surface area contributed by atoms with Gasteiger partial charge in [0.05, 0.1) is 36.6 Å². The molecule has 0 aliphatic carbocycles. The molecule has 0 saturated carbocycles. The predicted octanol–water partition coefficient (Wildman–Crippen LogP) is 3.49. The van der Waals surface area contributed by atoms with Crippen LogP contribution in [-0.2, 0) is 15.9 Å². The summed E-state index contributed by atoms with van der Waals surface area (Å²) in [7, 11) is 0. The van der Waals surface area contributed by atoms with E-state index in [0.29, 0.717) is 5.65 Å². The first-order valence-corrected chi connectivity index (χ1v) is 13.9. The fraction of sp³-hybridized carbons (Fsp3) is 0.571. The highest BCUT2D eigenvalue weighted by atomic mass is 16.5. The summed E-state index contributed by atoms with van der Waals surface area (Å²) in [6.45, 7) is 6.19. The van der Waals surface area contributed by atoms with E-state index in [2.05, 4.69) is 39.1 Å². The van der Waals surface area contributed by atoms with Gasteiger partial charge in [-0.2, -0.15) is 10.4 Å². The lowest BCUT2D eigenvalue weighted by atomic mass is 9.73. The summed E-state index contributed by atoms with van der Waals surface area (Å²) in [5, 5.41) is 17.6. The molecule has 3 aromatic rings. The summed E-state index contributed by atoms with van der Waals surface area (Å²) >= 11 is 0. The number of rotatable bonds is 3. The van der Waals surface area contributed by atoms with Crippen molar-refractivity contribution in [3.63, 3.8) is 0 Å². The van der Waals surface area contributed by atoms with Gasteiger partial charge in [0.2, 0.25) is 0 Å². The van der Waals surface area contributed by atoms with E-state index in [9.17, 15) is 5.26 Å². The Morgan fingerprint density at radius 3 is 2.79 bits per heavy atom. The van der Waals surface area contributed by atoms with Crippen LogP contribution in [0, 0.1) is 16.7 Å². The van der Waals surface area contributed by atoms with E-state index in [-0.39, 0.29) is 23.7 Å². The molecule has 0 amide bonds. The molecule has 38 heavy (non-hydrogen) atoms. The third-order valence-corrected chi connectivity index (χ3v) is 9.23. The number of nitrogens with two attached hydrogens (primary N) is 1. The Labute approximate surface area is 222 Å². The first-order valence-electron chi connectivity index (χ1n) is 13.9. The van der Waals surface area contributed by atoms with Crippen molar-refractivity contribution in [2.24, 2.45) is 11.1 Å². The van der Waals surface area contributed by atoms with Gasteiger partial charge >= 0.3 is 0 Å². The van der Waals surface area contributed by atoms with E-state index < -0.39 is 0 Å². The van der Waals surface area contributed by atoms with Crippen molar-refractivity contribution in [1.82, 2.24) is 20.2 Å². The van der Waals surface area contributed by atoms with Gasteiger partial charge in [0, 0.05) is 48.9 Å². The van der Waals surface area contributed by atoms with E-state index in [1.807, 2.05) is 12.3 Å². The van der Waals surface area contributed by atoms with Crippen molar-refractivity contribution >= 4 is 28.5 Å². The van der Waals surface area contributed by atoms with Gasteiger partial charge in [-0.25, -0.2) is 9.97 Å². The molecule has 4 aliphatic rings. The number of nitrogens with zero attached hydrogens (tertiary/aromatic N) is 6. The first kappa shape index (κ1) is 23.8. The Hall–Kier alpha value is -3.26. The molecule has 10 nitrogen and oxygen atoms in total. The van der Waals surface area contributed by atoms with Gasteiger partial charge in [0.1, 0.15) is 5.82 Å². The summed E-state index contributed by atoms with van der Waals surface area (Å²) in [6, 6.07) is 6.47. The van der Waals surface area contributed by atoms with Crippen molar-refractivity contribution in [1.29, 1.82) is 5.26 Å². The van der Waals surface area contributed by atoms with E-state index >= 15 is 0 Å².